The fourth-order valence-electron chi connectivity index (χ4n) is 0.403. The van der Waals surface area contributed by atoms with Crippen LogP contribution in [0.4, 0.5) is 0 Å². The standard InChI is InChI=1S/C6H13NOS2/c1-7(2,3)4-5-8-6(9)10/h4-5H2,1-3H3. The summed E-state index contributed by atoms with van der Waals surface area (Å²) < 4.78 is 6.04. The van der Waals surface area contributed by atoms with Gasteiger partial charge < -0.3 is 34.1 Å². The van der Waals surface area contributed by atoms with Crippen molar-refractivity contribution in [3.05, 3.63) is 0 Å². The van der Waals surface area contributed by atoms with Crippen molar-refractivity contribution in [2.24, 2.45) is 0 Å². The van der Waals surface area contributed by atoms with Crippen LogP contribution in [-0.4, -0.2) is 43.2 Å². The number of quaternary nitrogens is 1. The predicted molar refractivity (Wildman–Crippen MR) is 48.8 cm³/mol. The van der Waals surface area contributed by atoms with E-state index in [9.17, 15) is 0 Å². The van der Waals surface area contributed by atoms with E-state index in [-0.39, 0.29) is 4.38 Å². The van der Waals surface area contributed by atoms with Crippen LogP contribution in [0.1, 0.15) is 0 Å². The molecule has 0 heterocycles. The minimum atomic E-state index is 0.216. The first-order valence-electron chi connectivity index (χ1n) is 3.06. The van der Waals surface area contributed by atoms with Crippen LogP contribution in [0.25, 0.3) is 0 Å². The summed E-state index contributed by atoms with van der Waals surface area (Å²) in [5.41, 5.74) is 0. The van der Waals surface area contributed by atoms with Gasteiger partial charge in [0.25, 0.3) is 0 Å². The third-order valence-electron chi connectivity index (χ3n) is 0.982. The molecular formula is C6H13NOS2. The molecule has 0 aliphatic carbocycles. The molecule has 60 valence electrons. The van der Waals surface area contributed by atoms with Crippen LogP contribution in [0.2, 0.25) is 0 Å². The van der Waals surface area contributed by atoms with E-state index in [1.165, 1.54) is 0 Å². The number of thiocarbonyl (C=S) groups is 1. The maximum absolute atomic E-state index is 4.95. The summed E-state index contributed by atoms with van der Waals surface area (Å²) in [6.45, 7) is 1.54. The molecule has 0 aromatic carbocycles. The van der Waals surface area contributed by atoms with Gasteiger partial charge in [-0.25, -0.2) is 0 Å². The van der Waals surface area contributed by atoms with Crippen LogP contribution in [0.5, 0.6) is 0 Å². The van der Waals surface area contributed by atoms with Gasteiger partial charge in [-0.3, -0.25) is 0 Å². The minimum absolute atomic E-state index is 0.216. The van der Waals surface area contributed by atoms with Gasteiger partial charge in [-0.2, -0.15) is 0 Å². The second kappa shape index (κ2) is 4.05. The van der Waals surface area contributed by atoms with Crippen LogP contribution in [0, 0.1) is 0 Å². The van der Waals surface area contributed by atoms with Crippen molar-refractivity contribution in [1.29, 1.82) is 0 Å². The van der Waals surface area contributed by atoms with Crippen molar-refractivity contribution in [2.45, 2.75) is 0 Å². The summed E-state index contributed by atoms with van der Waals surface area (Å²) in [6.07, 6.45) is 0. The highest BCUT2D eigenvalue weighted by atomic mass is 32.1. The quantitative estimate of drug-likeness (QED) is 0.355. The monoisotopic (exact) mass is 179 g/mol. The molecule has 0 unspecified atom stereocenters. The molecule has 0 amide bonds. The Bertz CT molecular complexity index is 119. The molecule has 0 radical (unpaired) electrons. The molecule has 0 rings (SSSR count). The summed E-state index contributed by atoms with van der Waals surface area (Å²) in [4.78, 5) is 0. The number of likely N-dealkylation sites (N-methyl/N-ethyl adjacent to an activating group) is 1. The zero-order valence-corrected chi connectivity index (χ0v) is 8.22. The molecule has 4 heteroatoms. The van der Waals surface area contributed by atoms with Gasteiger partial charge in [0.15, 0.2) is 0 Å². The lowest BCUT2D eigenvalue weighted by molar-refractivity contribution is -0.870. The Labute approximate surface area is 73.2 Å². The van der Waals surface area contributed by atoms with E-state index in [2.05, 4.69) is 46.0 Å². The van der Waals surface area contributed by atoms with Crippen molar-refractivity contribution in [3.8, 4) is 0 Å². The predicted octanol–water partition coefficient (Wildman–Crippen LogP) is 0.541. The average molecular weight is 179 g/mol. The molecule has 10 heavy (non-hydrogen) atoms. The van der Waals surface area contributed by atoms with E-state index in [1.807, 2.05) is 0 Å². The van der Waals surface area contributed by atoms with E-state index in [4.69, 9.17) is 4.74 Å². The fraction of sp³-hybridized carbons (Fsp3) is 0.833. The Balaban J connectivity index is 3.29. The summed E-state index contributed by atoms with van der Waals surface area (Å²) >= 11 is 9.14. The van der Waals surface area contributed by atoms with Crippen molar-refractivity contribution in [3.63, 3.8) is 0 Å². The highest BCUT2D eigenvalue weighted by Crippen LogP contribution is 1.89. The third-order valence-corrected chi connectivity index (χ3v) is 1.22. The molecule has 0 aromatic heterocycles. The molecule has 0 atom stereocenters. The lowest BCUT2D eigenvalue weighted by atomic mass is 10.5. The lowest BCUT2D eigenvalue weighted by Gasteiger charge is -2.24. The van der Waals surface area contributed by atoms with E-state index >= 15 is 0 Å². The van der Waals surface area contributed by atoms with Crippen LogP contribution < -0.4 is 0 Å². The Kier molecular flexibility index (Phi) is 4.08. The molecule has 0 spiro atoms. The van der Waals surface area contributed by atoms with Crippen molar-refractivity contribution < 1.29 is 9.22 Å². The van der Waals surface area contributed by atoms with Crippen molar-refractivity contribution >= 4 is 29.2 Å². The van der Waals surface area contributed by atoms with Crippen LogP contribution >= 0.6 is 12.2 Å². The molecule has 0 fully saturated rings. The smallest absolute Gasteiger partial charge is 0.135 e. The van der Waals surface area contributed by atoms with Crippen LogP contribution in [-0.2, 0) is 17.4 Å². The zero-order chi connectivity index (χ0) is 8.20. The average Bonchev–Trinajstić information content (AvgIpc) is 1.59. The minimum Gasteiger partial charge on any atom is -0.508 e. The normalized spacial score (nSPS) is 11.1. The Morgan fingerprint density at radius 3 is 2.30 bits per heavy atom. The molecule has 0 aliphatic rings. The number of nitrogens with zero attached hydrogens (tertiary/aromatic N) is 1. The molecule has 0 aliphatic heterocycles. The Morgan fingerprint density at radius 1 is 1.50 bits per heavy atom. The van der Waals surface area contributed by atoms with Gasteiger partial charge in [0, 0.05) is 4.38 Å². The summed E-state index contributed by atoms with van der Waals surface area (Å²) in [6, 6.07) is 0. The van der Waals surface area contributed by atoms with Gasteiger partial charge in [0.1, 0.15) is 13.2 Å². The number of hydrogen-bond acceptors (Lipinski definition) is 3. The highest BCUT2D eigenvalue weighted by molar-refractivity contribution is 7.99. The van der Waals surface area contributed by atoms with E-state index in [0.717, 1.165) is 11.0 Å². The molecule has 0 aromatic rings. The van der Waals surface area contributed by atoms with Gasteiger partial charge in [0.2, 0.25) is 0 Å². The number of ether oxygens (including phenoxy) is 1. The second-order valence-electron chi connectivity index (χ2n) is 3.11. The Morgan fingerprint density at radius 2 is 2.00 bits per heavy atom. The summed E-state index contributed by atoms with van der Waals surface area (Å²) in [5.74, 6) is 0. The first-order valence-corrected chi connectivity index (χ1v) is 3.88. The van der Waals surface area contributed by atoms with E-state index in [1.54, 1.807) is 0 Å². The molecule has 0 saturated heterocycles. The first-order chi connectivity index (χ1) is 4.42. The lowest BCUT2D eigenvalue weighted by Crippen LogP contribution is -2.37. The number of rotatable bonds is 3. The van der Waals surface area contributed by atoms with E-state index < -0.39 is 0 Å². The van der Waals surface area contributed by atoms with Crippen molar-refractivity contribution in [2.75, 3.05) is 34.3 Å². The van der Waals surface area contributed by atoms with Gasteiger partial charge >= 0.3 is 0 Å². The molecular weight excluding hydrogens is 166 g/mol. The third kappa shape index (κ3) is 8.07. The highest BCUT2D eigenvalue weighted by Gasteiger charge is 2.04. The maximum atomic E-state index is 4.95. The van der Waals surface area contributed by atoms with Gasteiger partial charge in [-0.1, -0.05) is 0 Å². The topological polar surface area (TPSA) is 9.23 Å². The maximum Gasteiger partial charge on any atom is 0.135 e. The first kappa shape index (κ1) is 10.1. The summed E-state index contributed by atoms with van der Waals surface area (Å²) in [5, 5.41) is 0. The largest absolute Gasteiger partial charge is 0.508 e. The molecule has 0 saturated carbocycles. The SMILES string of the molecule is C[N+](C)(C)CCOC(=S)[S-]. The van der Waals surface area contributed by atoms with Crippen LogP contribution in [0.3, 0.4) is 0 Å². The molecule has 0 bridgehead atoms. The van der Waals surface area contributed by atoms with Gasteiger partial charge in [-0.15, -0.1) is 0 Å². The molecule has 0 N–H and O–H groups in total. The summed E-state index contributed by atoms with van der Waals surface area (Å²) in [7, 11) is 6.28. The van der Waals surface area contributed by atoms with Gasteiger partial charge in [-0.05, 0) is 0 Å². The molecule has 2 nitrogen and oxygen atoms in total. The second-order valence-corrected chi connectivity index (χ2v) is 4.11. The number of hydrogen-bond donors (Lipinski definition) is 0. The fourth-order valence-corrected chi connectivity index (χ4v) is 0.570. The zero-order valence-electron chi connectivity index (χ0n) is 6.59. The van der Waals surface area contributed by atoms with Gasteiger partial charge in [0.05, 0.1) is 21.1 Å². The van der Waals surface area contributed by atoms with Crippen LogP contribution in [0.15, 0.2) is 0 Å². The van der Waals surface area contributed by atoms with E-state index in [0.29, 0.717) is 6.61 Å². The Hall–Kier alpha value is 0.0700. The van der Waals surface area contributed by atoms with Crippen molar-refractivity contribution in [1.82, 2.24) is 0 Å².